The quantitative estimate of drug-likeness (QED) is 0.409. The molecular weight excluding hydrogens is 412 g/mol. The minimum Gasteiger partial charge on any atom is -0.320 e. The fourth-order valence-electron chi connectivity index (χ4n) is 11.6. The molecule has 34 heavy (non-hydrogen) atoms. The number of benzene rings is 1. The molecule has 0 aliphatic heterocycles. The highest BCUT2D eigenvalue weighted by molar-refractivity contribution is 5.22. The Morgan fingerprint density at radius 2 is 0.735 bits per heavy atom. The Labute approximate surface area is 209 Å². The Bertz CT molecular complexity index is 791. The zero-order chi connectivity index (χ0) is 23.3. The molecule has 9 rings (SSSR count). The summed E-state index contributed by atoms with van der Waals surface area (Å²) >= 11 is 0. The van der Waals surface area contributed by atoms with Crippen molar-refractivity contribution >= 4 is 0 Å². The van der Waals surface area contributed by atoms with Gasteiger partial charge in [0, 0.05) is 49.7 Å². The zero-order valence-corrected chi connectivity index (χ0v) is 22.6. The van der Waals surface area contributed by atoms with Crippen LogP contribution in [0.3, 0.4) is 0 Å². The average molecular weight is 463 g/mol. The number of hydrogen-bond donors (Lipinski definition) is 0. The van der Waals surface area contributed by atoms with Crippen molar-refractivity contribution in [1.82, 2.24) is 0 Å². The van der Waals surface area contributed by atoms with Gasteiger partial charge in [0.1, 0.15) is 13.1 Å². The van der Waals surface area contributed by atoms with Crippen LogP contribution in [-0.2, 0) is 13.1 Å². The molecule has 8 fully saturated rings. The predicted molar refractivity (Wildman–Crippen MR) is 140 cm³/mol. The van der Waals surface area contributed by atoms with Gasteiger partial charge in [0.25, 0.3) is 0 Å². The molecule has 0 spiro atoms. The normalized spacial score (nSPS) is 44.7. The summed E-state index contributed by atoms with van der Waals surface area (Å²) in [6.07, 6.45) is 18.3. The second-order valence-corrected chi connectivity index (χ2v) is 15.8. The van der Waals surface area contributed by atoms with Crippen LogP contribution in [0.4, 0.5) is 0 Å². The molecule has 0 heterocycles. The molecule has 0 amide bonds. The number of quaternary nitrogens is 2. The summed E-state index contributed by atoms with van der Waals surface area (Å²) in [5, 5.41) is 0. The van der Waals surface area contributed by atoms with Gasteiger partial charge in [-0.15, -0.1) is 0 Å². The first-order valence-electron chi connectivity index (χ1n) is 14.9. The van der Waals surface area contributed by atoms with Crippen LogP contribution in [0.5, 0.6) is 0 Å². The van der Waals surface area contributed by atoms with Gasteiger partial charge in [0.15, 0.2) is 0 Å². The summed E-state index contributed by atoms with van der Waals surface area (Å²) in [6, 6.07) is 9.98. The van der Waals surface area contributed by atoms with Gasteiger partial charge in [-0.2, -0.15) is 0 Å². The summed E-state index contributed by atoms with van der Waals surface area (Å²) in [5.41, 5.74) is 4.24. The maximum Gasteiger partial charge on any atom is 0.104 e. The number of rotatable bonds is 6. The highest BCUT2D eigenvalue weighted by atomic mass is 15.4. The SMILES string of the molecule is C[N+](C)(Cc1ccc(C[N+](C)(C)C23CC4CC(CC(C4)C2)C3)cc1)C12CC3CC(CC(C3)C1)C2. The van der Waals surface area contributed by atoms with Gasteiger partial charge < -0.3 is 8.97 Å². The minimum absolute atomic E-state index is 0.560. The third-order valence-corrected chi connectivity index (χ3v) is 12.8. The molecule has 8 saturated carbocycles. The highest BCUT2D eigenvalue weighted by Gasteiger charge is 2.59. The van der Waals surface area contributed by atoms with Crippen molar-refractivity contribution in [3.05, 3.63) is 35.4 Å². The molecule has 2 heteroatoms. The van der Waals surface area contributed by atoms with Crippen molar-refractivity contribution in [2.24, 2.45) is 35.5 Å². The Hall–Kier alpha value is -0.860. The Balaban J connectivity index is 1.06. The molecule has 186 valence electrons. The average Bonchev–Trinajstić information content (AvgIpc) is 2.73. The van der Waals surface area contributed by atoms with E-state index in [9.17, 15) is 0 Å². The lowest BCUT2D eigenvalue weighted by Gasteiger charge is -2.62. The van der Waals surface area contributed by atoms with Crippen LogP contribution >= 0.6 is 0 Å². The van der Waals surface area contributed by atoms with E-state index in [1.54, 1.807) is 49.7 Å². The van der Waals surface area contributed by atoms with E-state index in [0.29, 0.717) is 11.1 Å². The van der Waals surface area contributed by atoms with Gasteiger partial charge >= 0.3 is 0 Å². The Kier molecular flexibility index (Phi) is 4.83. The van der Waals surface area contributed by atoms with E-state index in [4.69, 9.17) is 0 Å². The van der Waals surface area contributed by atoms with Crippen LogP contribution in [0, 0.1) is 35.5 Å². The van der Waals surface area contributed by atoms with Gasteiger partial charge in [-0.3, -0.25) is 0 Å². The molecule has 1 aromatic carbocycles. The van der Waals surface area contributed by atoms with Crippen LogP contribution in [0.2, 0.25) is 0 Å². The van der Waals surface area contributed by atoms with Crippen LogP contribution < -0.4 is 0 Å². The van der Waals surface area contributed by atoms with E-state index in [0.717, 1.165) is 35.5 Å². The third kappa shape index (κ3) is 3.41. The van der Waals surface area contributed by atoms with Gasteiger partial charge in [0.2, 0.25) is 0 Å². The molecule has 8 aliphatic carbocycles. The Morgan fingerprint density at radius 3 is 0.971 bits per heavy atom. The molecule has 8 aliphatic rings. The van der Waals surface area contributed by atoms with E-state index >= 15 is 0 Å². The number of nitrogens with zero attached hydrogens (tertiary/aromatic N) is 2. The van der Waals surface area contributed by atoms with Crippen molar-refractivity contribution in [3.63, 3.8) is 0 Å². The lowest BCUT2D eigenvalue weighted by molar-refractivity contribution is -0.960. The first-order valence-corrected chi connectivity index (χ1v) is 14.9. The largest absolute Gasteiger partial charge is 0.320 e. The second-order valence-electron chi connectivity index (χ2n) is 15.8. The summed E-state index contributed by atoms with van der Waals surface area (Å²) < 4.78 is 2.43. The second kappa shape index (κ2) is 7.34. The molecule has 0 N–H and O–H groups in total. The first-order chi connectivity index (χ1) is 16.1. The summed E-state index contributed by atoms with van der Waals surface area (Å²) in [4.78, 5) is 0. The van der Waals surface area contributed by atoms with Gasteiger partial charge in [-0.25, -0.2) is 0 Å². The molecule has 0 aromatic heterocycles. The highest BCUT2D eigenvalue weighted by Crippen LogP contribution is 2.60. The molecule has 2 nitrogen and oxygen atoms in total. The molecule has 0 unspecified atom stereocenters. The predicted octanol–water partition coefficient (Wildman–Crippen LogP) is 6.78. The van der Waals surface area contributed by atoms with Crippen molar-refractivity contribution in [2.45, 2.75) is 101 Å². The van der Waals surface area contributed by atoms with Gasteiger partial charge in [-0.05, 0) is 74.0 Å². The van der Waals surface area contributed by atoms with E-state index in [1.165, 1.54) is 60.6 Å². The summed E-state index contributed by atoms with van der Waals surface area (Å²) in [5.74, 6) is 6.23. The third-order valence-electron chi connectivity index (χ3n) is 12.8. The molecule has 1 aromatic rings. The number of hydrogen-bond acceptors (Lipinski definition) is 0. The first kappa shape index (κ1) is 22.3. The van der Waals surface area contributed by atoms with Crippen LogP contribution in [0.25, 0.3) is 0 Å². The van der Waals surface area contributed by atoms with Gasteiger partial charge in [-0.1, -0.05) is 24.3 Å². The minimum atomic E-state index is 0.560. The fourth-order valence-corrected chi connectivity index (χ4v) is 11.6. The van der Waals surface area contributed by atoms with Gasteiger partial charge in [0.05, 0.1) is 39.3 Å². The molecule has 0 radical (unpaired) electrons. The van der Waals surface area contributed by atoms with Crippen LogP contribution in [-0.4, -0.2) is 48.2 Å². The lowest BCUT2D eigenvalue weighted by atomic mass is 9.52. The topological polar surface area (TPSA) is 0 Å². The molecule has 0 saturated heterocycles. The van der Waals surface area contributed by atoms with Crippen LogP contribution in [0.15, 0.2) is 24.3 Å². The van der Waals surface area contributed by atoms with Crippen molar-refractivity contribution in [1.29, 1.82) is 0 Å². The van der Waals surface area contributed by atoms with E-state index < -0.39 is 0 Å². The fraction of sp³-hybridized carbons (Fsp3) is 0.812. The molecule has 8 bridgehead atoms. The lowest BCUT2D eigenvalue weighted by Crippen LogP contribution is -2.66. The van der Waals surface area contributed by atoms with Crippen molar-refractivity contribution < 1.29 is 8.97 Å². The monoisotopic (exact) mass is 462 g/mol. The smallest absolute Gasteiger partial charge is 0.104 e. The van der Waals surface area contributed by atoms with E-state index in [-0.39, 0.29) is 0 Å². The Morgan fingerprint density at radius 1 is 0.500 bits per heavy atom. The summed E-state index contributed by atoms with van der Waals surface area (Å²) in [7, 11) is 10.3. The molecular formula is C32H50N2+2. The summed E-state index contributed by atoms with van der Waals surface area (Å²) in [6.45, 7) is 2.42. The van der Waals surface area contributed by atoms with Crippen molar-refractivity contribution in [2.75, 3.05) is 28.2 Å². The molecule has 0 atom stereocenters. The zero-order valence-electron chi connectivity index (χ0n) is 22.6. The maximum atomic E-state index is 2.56. The van der Waals surface area contributed by atoms with Crippen molar-refractivity contribution in [3.8, 4) is 0 Å². The maximum absolute atomic E-state index is 2.56. The van der Waals surface area contributed by atoms with E-state index in [1.807, 2.05) is 0 Å². The van der Waals surface area contributed by atoms with Crippen LogP contribution in [0.1, 0.15) is 88.2 Å². The van der Waals surface area contributed by atoms with E-state index in [2.05, 4.69) is 52.5 Å². The standard InChI is InChI=1S/C32H50N2/c1-33(2,31-15-25-9-26(16-31)11-27(10-25)17-31)21-23-5-7-24(8-6-23)22-34(3,4)32-18-28-12-29(19-32)14-30(13-28)20-32/h5-8,25-30H,9-22H2,1-4H3/q+2.